The highest BCUT2D eigenvalue weighted by molar-refractivity contribution is 9.10. The average molecular weight is 336 g/mol. The van der Waals surface area contributed by atoms with Gasteiger partial charge in [0.05, 0.1) is 0 Å². The van der Waals surface area contributed by atoms with Crippen LogP contribution in [0.5, 0.6) is 0 Å². The average Bonchev–Trinajstić information content (AvgIpc) is 2.38. The van der Waals surface area contributed by atoms with Gasteiger partial charge in [0.25, 0.3) is 0 Å². The molecular formula is C14H14BrN3S. The van der Waals surface area contributed by atoms with Gasteiger partial charge in [-0.05, 0) is 46.6 Å². The third kappa shape index (κ3) is 3.11. The topological polar surface area (TPSA) is 42.2 Å². The highest BCUT2D eigenvalue weighted by Crippen LogP contribution is 2.26. The number of nitrogens with zero attached hydrogens (tertiary/aromatic N) is 2. The van der Waals surface area contributed by atoms with E-state index < -0.39 is 0 Å². The van der Waals surface area contributed by atoms with Crippen molar-refractivity contribution in [3.8, 4) is 0 Å². The van der Waals surface area contributed by atoms with Crippen molar-refractivity contribution in [3.63, 3.8) is 0 Å². The zero-order valence-corrected chi connectivity index (χ0v) is 13.1. The Labute approximate surface area is 126 Å². The fourth-order valence-corrected chi connectivity index (χ4v) is 2.45. The second kappa shape index (κ2) is 5.67. The Bertz CT molecular complexity index is 628. The van der Waals surface area contributed by atoms with Crippen molar-refractivity contribution in [3.05, 3.63) is 52.1 Å². The summed E-state index contributed by atoms with van der Waals surface area (Å²) in [6.07, 6.45) is 1.79. The molecule has 0 fully saturated rings. The van der Waals surface area contributed by atoms with Crippen LogP contribution in [-0.2, 0) is 0 Å². The SMILES string of the molecule is Cc1cc(Br)cnc1N(C)c1cccc(C(N)=S)c1. The van der Waals surface area contributed by atoms with Gasteiger partial charge in [-0.25, -0.2) is 4.98 Å². The molecule has 0 amide bonds. The number of halogens is 1. The van der Waals surface area contributed by atoms with E-state index >= 15 is 0 Å². The van der Waals surface area contributed by atoms with Crippen molar-refractivity contribution in [1.82, 2.24) is 4.98 Å². The summed E-state index contributed by atoms with van der Waals surface area (Å²) >= 11 is 8.42. The van der Waals surface area contributed by atoms with E-state index in [1.165, 1.54) is 0 Å². The number of pyridine rings is 1. The smallest absolute Gasteiger partial charge is 0.135 e. The van der Waals surface area contributed by atoms with E-state index in [0.717, 1.165) is 27.1 Å². The number of thiocarbonyl (C=S) groups is 1. The Morgan fingerprint density at radius 2 is 2.11 bits per heavy atom. The minimum Gasteiger partial charge on any atom is -0.389 e. The molecule has 5 heteroatoms. The monoisotopic (exact) mass is 335 g/mol. The molecule has 2 N–H and O–H groups in total. The highest BCUT2D eigenvalue weighted by Gasteiger charge is 2.09. The summed E-state index contributed by atoms with van der Waals surface area (Å²) in [4.78, 5) is 6.86. The predicted molar refractivity (Wildman–Crippen MR) is 87.1 cm³/mol. The Hall–Kier alpha value is -1.46. The zero-order chi connectivity index (χ0) is 14.0. The first-order valence-corrected chi connectivity index (χ1v) is 6.95. The minimum atomic E-state index is 0.399. The Morgan fingerprint density at radius 1 is 1.37 bits per heavy atom. The number of rotatable bonds is 3. The number of aryl methyl sites for hydroxylation is 1. The van der Waals surface area contributed by atoms with Crippen LogP contribution >= 0.6 is 28.1 Å². The lowest BCUT2D eigenvalue weighted by molar-refractivity contribution is 1.10. The number of anilines is 2. The fourth-order valence-electron chi connectivity index (χ4n) is 1.87. The van der Waals surface area contributed by atoms with Crippen molar-refractivity contribution in [2.45, 2.75) is 6.92 Å². The van der Waals surface area contributed by atoms with E-state index in [0.29, 0.717) is 4.99 Å². The molecule has 1 aromatic carbocycles. The van der Waals surface area contributed by atoms with Crippen LogP contribution in [0.3, 0.4) is 0 Å². The molecule has 2 rings (SSSR count). The van der Waals surface area contributed by atoms with Crippen molar-refractivity contribution in [2.24, 2.45) is 5.73 Å². The normalized spacial score (nSPS) is 10.3. The van der Waals surface area contributed by atoms with Gasteiger partial charge in [-0.1, -0.05) is 24.4 Å². The van der Waals surface area contributed by atoms with Crippen LogP contribution in [0.25, 0.3) is 0 Å². The number of hydrogen-bond donors (Lipinski definition) is 1. The van der Waals surface area contributed by atoms with Crippen LogP contribution in [-0.4, -0.2) is 17.0 Å². The summed E-state index contributed by atoms with van der Waals surface area (Å²) in [5, 5.41) is 0. The first-order chi connectivity index (χ1) is 8.99. The van der Waals surface area contributed by atoms with Crippen molar-refractivity contribution < 1.29 is 0 Å². The van der Waals surface area contributed by atoms with E-state index in [-0.39, 0.29) is 0 Å². The van der Waals surface area contributed by atoms with Crippen molar-refractivity contribution >= 4 is 44.6 Å². The minimum absolute atomic E-state index is 0.399. The number of benzene rings is 1. The number of aromatic nitrogens is 1. The predicted octanol–water partition coefficient (Wildman–Crippen LogP) is 3.55. The lowest BCUT2D eigenvalue weighted by Gasteiger charge is -2.21. The van der Waals surface area contributed by atoms with E-state index in [4.69, 9.17) is 18.0 Å². The standard InChI is InChI=1S/C14H14BrN3S/c1-9-6-11(15)8-17-14(9)18(2)12-5-3-4-10(7-12)13(16)19/h3-8H,1-2H3,(H2,16,19). The maximum atomic E-state index is 5.66. The molecule has 2 aromatic rings. The molecule has 19 heavy (non-hydrogen) atoms. The van der Waals surface area contributed by atoms with Gasteiger partial charge in [0.2, 0.25) is 0 Å². The maximum Gasteiger partial charge on any atom is 0.135 e. The molecule has 0 atom stereocenters. The molecule has 0 bridgehead atoms. The van der Waals surface area contributed by atoms with Crippen molar-refractivity contribution in [1.29, 1.82) is 0 Å². The molecule has 1 aromatic heterocycles. The lowest BCUT2D eigenvalue weighted by Crippen LogP contribution is -2.15. The highest BCUT2D eigenvalue weighted by atomic mass is 79.9. The van der Waals surface area contributed by atoms with Gasteiger partial charge in [-0.15, -0.1) is 0 Å². The van der Waals surface area contributed by atoms with Crippen molar-refractivity contribution in [2.75, 3.05) is 11.9 Å². The van der Waals surface area contributed by atoms with Gasteiger partial charge in [-0.2, -0.15) is 0 Å². The summed E-state index contributed by atoms with van der Waals surface area (Å²) < 4.78 is 0.971. The molecule has 1 heterocycles. The molecule has 0 radical (unpaired) electrons. The summed E-state index contributed by atoms with van der Waals surface area (Å²) in [6, 6.07) is 9.85. The molecule has 98 valence electrons. The fraction of sp³-hybridized carbons (Fsp3) is 0.143. The molecule has 0 unspecified atom stereocenters. The molecule has 0 saturated heterocycles. The van der Waals surface area contributed by atoms with Gasteiger partial charge in [-0.3, -0.25) is 0 Å². The molecule has 0 saturated carbocycles. The molecule has 3 nitrogen and oxygen atoms in total. The van der Waals surface area contributed by atoms with Crippen LogP contribution in [0.15, 0.2) is 41.0 Å². The summed E-state index contributed by atoms with van der Waals surface area (Å²) in [5.74, 6) is 0.906. The van der Waals surface area contributed by atoms with Gasteiger partial charge in [0, 0.05) is 29.0 Å². The van der Waals surface area contributed by atoms with Crippen LogP contribution in [0, 0.1) is 6.92 Å². The lowest BCUT2D eigenvalue weighted by atomic mass is 10.2. The third-order valence-electron chi connectivity index (χ3n) is 2.85. The Balaban J connectivity index is 2.41. The Morgan fingerprint density at radius 3 is 2.74 bits per heavy atom. The van der Waals surface area contributed by atoms with Crippen LogP contribution in [0.2, 0.25) is 0 Å². The molecule has 0 aliphatic carbocycles. The summed E-state index contributed by atoms with van der Waals surface area (Å²) in [6.45, 7) is 2.03. The maximum absolute atomic E-state index is 5.66. The molecule has 0 aliphatic rings. The second-order valence-corrected chi connectivity index (χ2v) is 5.62. The zero-order valence-electron chi connectivity index (χ0n) is 10.7. The van der Waals surface area contributed by atoms with E-state index in [2.05, 4.69) is 20.9 Å². The van der Waals surface area contributed by atoms with E-state index in [1.54, 1.807) is 6.20 Å². The number of hydrogen-bond acceptors (Lipinski definition) is 3. The summed E-state index contributed by atoms with van der Waals surface area (Å²) in [7, 11) is 1.97. The second-order valence-electron chi connectivity index (χ2n) is 4.27. The molecular weight excluding hydrogens is 322 g/mol. The molecule has 0 spiro atoms. The summed E-state index contributed by atoms with van der Waals surface area (Å²) in [5.41, 5.74) is 8.62. The molecule has 0 aliphatic heterocycles. The van der Waals surface area contributed by atoms with Crippen LogP contribution in [0.4, 0.5) is 11.5 Å². The van der Waals surface area contributed by atoms with E-state index in [1.807, 2.05) is 49.2 Å². The van der Waals surface area contributed by atoms with Gasteiger partial charge >= 0.3 is 0 Å². The first kappa shape index (κ1) is 14.0. The van der Waals surface area contributed by atoms with Gasteiger partial charge in [0.1, 0.15) is 10.8 Å². The van der Waals surface area contributed by atoms with Gasteiger partial charge < -0.3 is 10.6 Å². The quantitative estimate of drug-likeness (QED) is 0.871. The first-order valence-electron chi connectivity index (χ1n) is 5.75. The largest absolute Gasteiger partial charge is 0.389 e. The third-order valence-corrected chi connectivity index (χ3v) is 3.52. The van der Waals surface area contributed by atoms with Gasteiger partial charge in [0.15, 0.2) is 0 Å². The van der Waals surface area contributed by atoms with Crippen LogP contribution < -0.4 is 10.6 Å². The number of nitrogens with two attached hydrogens (primary N) is 1. The van der Waals surface area contributed by atoms with Crippen LogP contribution in [0.1, 0.15) is 11.1 Å². The van der Waals surface area contributed by atoms with E-state index in [9.17, 15) is 0 Å². The Kier molecular flexibility index (Phi) is 4.17.